The van der Waals surface area contributed by atoms with Crippen LogP contribution in [0.15, 0.2) is 47.1 Å². The van der Waals surface area contributed by atoms with E-state index in [1.54, 1.807) is 6.26 Å². The summed E-state index contributed by atoms with van der Waals surface area (Å²) in [6.07, 6.45) is 1.68. The van der Waals surface area contributed by atoms with E-state index < -0.39 is 0 Å². The minimum Gasteiger partial charge on any atom is -0.492 e. The van der Waals surface area contributed by atoms with Gasteiger partial charge in [0, 0.05) is 12.1 Å². The van der Waals surface area contributed by atoms with Crippen molar-refractivity contribution in [2.75, 3.05) is 27.2 Å². The first-order chi connectivity index (χ1) is 8.25. The lowest BCUT2D eigenvalue weighted by molar-refractivity contribution is 0.261. The van der Waals surface area contributed by atoms with Crippen molar-refractivity contribution >= 4 is 0 Å². The maximum atomic E-state index is 5.62. The molecule has 0 saturated carbocycles. The zero-order chi connectivity index (χ0) is 12.1. The highest BCUT2D eigenvalue weighted by Gasteiger charge is 2.00. The van der Waals surface area contributed by atoms with Crippen LogP contribution in [0.25, 0.3) is 11.3 Å². The third-order valence-electron chi connectivity index (χ3n) is 2.47. The lowest BCUT2D eigenvalue weighted by atomic mass is 10.2. The van der Waals surface area contributed by atoms with Gasteiger partial charge in [0.15, 0.2) is 0 Å². The molecular formula is C14H17NO2. The second-order valence-corrected chi connectivity index (χ2v) is 4.15. The minimum absolute atomic E-state index is 0.701. The van der Waals surface area contributed by atoms with Crippen LogP contribution in [0.1, 0.15) is 0 Å². The summed E-state index contributed by atoms with van der Waals surface area (Å²) in [4.78, 5) is 2.09. The van der Waals surface area contributed by atoms with E-state index >= 15 is 0 Å². The largest absolute Gasteiger partial charge is 0.492 e. The summed E-state index contributed by atoms with van der Waals surface area (Å²) < 4.78 is 10.9. The Kier molecular flexibility index (Phi) is 3.83. The summed E-state index contributed by atoms with van der Waals surface area (Å²) in [6.45, 7) is 1.62. The van der Waals surface area contributed by atoms with Gasteiger partial charge in [0.25, 0.3) is 0 Å². The smallest absolute Gasteiger partial charge is 0.133 e. The molecule has 0 spiro atoms. The van der Waals surface area contributed by atoms with Crippen LogP contribution < -0.4 is 4.74 Å². The average molecular weight is 231 g/mol. The van der Waals surface area contributed by atoms with Gasteiger partial charge < -0.3 is 14.1 Å². The zero-order valence-electron chi connectivity index (χ0n) is 10.2. The van der Waals surface area contributed by atoms with Crippen molar-refractivity contribution in [1.29, 1.82) is 0 Å². The van der Waals surface area contributed by atoms with Crippen molar-refractivity contribution in [3.05, 3.63) is 42.7 Å². The number of nitrogens with zero attached hydrogens (tertiary/aromatic N) is 1. The van der Waals surface area contributed by atoms with Gasteiger partial charge in [-0.25, -0.2) is 0 Å². The molecule has 0 aliphatic carbocycles. The summed E-state index contributed by atoms with van der Waals surface area (Å²) >= 11 is 0. The summed E-state index contributed by atoms with van der Waals surface area (Å²) in [6, 6.07) is 11.8. The van der Waals surface area contributed by atoms with Crippen LogP contribution in [0.3, 0.4) is 0 Å². The number of hydrogen-bond acceptors (Lipinski definition) is 3. The maximum Gasteiger partial charge on any atom is 0.133 e. The van der Waals surface area contributed by atoms with Gasteiger partial charge in [0.1, 0.15) is 18.1 Å². The molecule has 2 aromatic rings. The van der Waals surface area contributed by atoms with Crippen molar-refractivity contribution in [3.63, 3.8) is 0 Å². The zero-order valence-corrected chi connectivity index (χ0v) is 10.2. The summed E-state index contributed by atoms with van der Waals surface area (Å²) in [5.41, 5.74) is 1.06. The second-order valence-electron chi connectivity index (χ2n) is 4.15. The normalized spacial score (nSPS) is 10.8. The first-order valence-electron chi connectivity index (χ1n) is 5.67. The molecule has 90 valence electrons. The van der Waals surface area contributed by atoms with Gasteiger partial charge in [-0.3, -0.25) is 0 Å². The Hall–Kier alpha value is -1.74. The highest BCUT2D eigenvalue weighted by Crippen LogP contribution is 2.22. The van der Waals surface area contributed by atoms with E-state index in [9.17, 15) is 0 Å². The van der Waals surface area contributed by atoms with E-state index in [1.165, 1.54) is 0 Å². The standard InChI is InChI=1S/C14H17NO2/c1-15(2)9-11-16-13-7-5-12(6-8-13)14-4-3-10-17-14/h3-8,10H,9,11H2,1-2H3. The Morgan fingerprint density at radius 1 is 1.12 bits per heavy atom. The molecule has 1 heterocycles. The number of likely N-dealkylation sites (N-methyl/N-ethyl adjacent to an activating group) is 1. The number of hydrogen-bond donors (Lipinski definition) is 0. The van der Waals surface area contributed by atoms with Gasteiger partial charge in [0.05, 0.1) is 6.26 Å². The van der Waals surface area contributed by atoms with Crippen molar-refractivity contribution in [2.45, 2.75) is 0 Å². The second kappa shape index (κ2) is 5.55. The van der Waals surface area contributed by atoms with Crippen LogP contribution >= 0.6 is 0 Å². The van der Waals surface area contributed by atoms with Gasteiger partial charge in [-0.1, -0.05) is 0 Å². The molecule has 3 nitrogen and oxygen atoms in total. The molecule has 1 aromatic carbocycles. The van der Waals surface area contributed by atoms with Crippen molar-refractivity contribution in [2.24, 2.45) is 0 Å². The quantitative estimate of drug-likeness (QED) is 0.791. The Bertz CT molecular complexity index is 432. The molecule has 0 atom stereocenters. The molecule has 0 fully saturated rings. The van der Waals surface area contributed by atoms with Crippen LogP contribution in [0, 0.1) is 0 Å². The third-order valence-corrected chi connectivity index (χ3v) is 2.47. The van der Waals surface area contributed by atoms with E-state index in [1.807, 2.05) is 50.5 Å². The predicted molar refractivity (Wildman–Crippen MR) is 68.2 cm³/mol. The fourth-order valence-corrected chi connectivity index (χ4v) is 1.50. The fraction of sp³-hybridized carbons (Fsp3) is 0.286. The van der Waals surface area contributed by atoms with Crippen LogP contribution in [0.4, 0.5) is 0 Å². The van der Waals surface area contributed by atoms with Crippen molar-refractivity contribution in [1.82, 2.24) is 4.90 Å². The van der Waals surface area contributed by atoms with E-state index in [4.69, 9.17) is 9.15 Å². The summed E-state index contributed by atoms with van der Waals surface area (Å²) in [7, 11) is 4.06. The third kappa shape index (κ3) is 3.36. The summed E-state index contributed by atoms with van der Waals surface area (Å²) in [5, 5.41) is 0. The van der Waals surface area contributed by atoms with Gasteiger partial charge >= 0.3 is 0 Å². The van der Waals surface area contributed by atoms with E-state index in [-0.39, 0.29) is 0 Å². The molecule has 2 rings (SSSR count). The molecule has 0 radical (unpaired) electrons. The first-order valence-corrected chi connectivity index (χ1v) is 5.67. The molecule has 3 heteroatoms. The van der Waals surface area contributed by atoms with Crippen LogP contribution in [0.2, 0.25) is 0 Å². The molecule has 0 aliphatic rings. The Balaban J connectivity index is 1.94. The average Bonchev–Trinajstić information content (AvgIpc) is 2.83. The Morgan fingerprint density at radius 2 is 1.88 bits per heavy atom. The Morgan fingerprint density at radius 3 is 2.47 bits per heavy atom. The molecule has 0 saturated heterocycles. The van der Waals surface area contributed by atoms with E-state index in [0.717, 1.165) is 23.6 Å². The SMILES string of the molecule is CN(C)CCOc1ccc(-c2ccco2)cc1. The number of benzene rings is 1. The summed E-state index contributed by atoms with van der Waals surface area (Å²) in [5.74, 6) is 1.77. The fourth-order valence-electron chi connectivity index (χ4n) is 1.50. The van der Waals surface area contributed by atoms with Crippen LogP contribution in [0.5, 0.6) is 5.75 Å². The van der Waals surface area contributed by atoms with Gasteiger partial charge in [-0.15, -0.1) is 0 Å². The molecular weight excluding hydrogens is 214 g/mol. The lowest BCUT2D eigenvalue weighted by Crippen LogP contribution is -2.19. The number of furan rings is 1. The highest BCUT2D eigenvalue weighted by molar-refractivity contribution is 5.58. The van der Waals surface area contributed by atoms with E-state index in [2.05, 4.69) is 4.90 Å². The topological polar surface area (TPSA) is 25.6 Å². The molecule has 0 unspecified atom stereocenters. The lowest BCUT2D eigenvalue weighted by Gasteiger charge is -2.11. The molecule has 1 aromatic heterocycles. The Labute approximate surface area is 102 Å². The monoisotopic (exact) mass is 231 g/mol. The highest BCUT2D eigenvalue weighted by atomic mass is 16.5. The molecule has 17 heavy (non-hydrogen) atoms. The van der Waals surface area contributed by atoms with E-state index in [0.29, 0.717) is 6.61 Å². The first kappa shape index (κ1) is 11.7. The van der Waals surface area contributed by atoms with Crippen molar-refractivity contribution < 1.29 is 9.15 Å². The van der Waals surface area contributed by atoms with Gasteiger partial charge in [-0.05, 0) is 50.5 Å². The van der Waals surface area contributed by atoms with Gasteiger partial charge in [-0.2, -0.15) is 0 Å². The van der Waals surface area contributed by atoms with Gasteiger partial charge in [0.2, 0.25) is 0 Å². The number of ether oxygens (including phenoxy) is 1. The molecule has 0 N–H and O–H groups in total. The molecule has 0 aliphatic heterocycles. The van der Waals surface area contributed by atoms with Crippen LogP contribution in [-0.2, 0) is 0 Å². The predicted octanol–water partition coefficient (Wildman–Crippen LogP) is 2.89. The maximum absolute atomic E-state index is 5.62. The van der Waals surface area contributed by atoms with Crippen LogP contribution in [-0.4, -0.2) is 32.1 Å². The number of rotatable bonds is 5. The minimum atomic E-state index is 0.701. The molecule has 0 amide bonds. The van der Waals surface area contributed by atoms with Crippen molar-refractivity contribution in [3.8, 4) is 17.1 Å². The molecule has 0 bridgehead atoms.